The summed E-state index contributed by atoms with van der Waals surface area (Å²) < 4.78 is 66.6. The molecule has 3 rings (SSSR count). The van der Waals surface area contributed by atoms with Crippen molar-refractivity contribution in [1.29, 1.82) is 0 Å². The molecule has 0 bridgehead atoms. The van der Waals surface area contributed by atoms with Crippen LogP contribution in [0.25, 0.3) is 11.3 Å². The number of aryl methyl sites for hydroxylation is 1. The molecule has 2 aromatic heterocycles. The van der Waals surface area contributed by atoms with E-state index < -0.39 is 52.2 Å². The topological polar surface area (TPSA) is 117 Å². The first-order valence-corrected chi connectivity index (χ1v) is 7.87. The Bertz CT molecular complexity index is 1110. The predicted molar refractivity (Wildman–Crippen MR) is 91.9 cm³/mol. The van der Waals surface area contributed by atoms with Gasteiger partial charge in [0.2, 0.25) is 0 Å². The summed E-state index contributed by atoms with van der Waals surface area (Å²) >= 11 is 0. The summed E-state index contributed by atoms with van der Waals surface area (Å²) in [4.78, 5) is 16.0. The zero-order valence-electron chi connectivity index (χ0n) is 14.5. The molecule has 0 aliphatic heterocycles. The van der Waals surface area contributed by atoms with Crippen LogP contribution >= 0.6 is 0 Å². The largest absolute Gasteiger partial charge is 0.507 e. The fraction of sp³-hybridized carbons (Fsp3) is 0.118. The van der Waals surface area contributed by atoms with Gasteiger partial charge in [0.05, 0.1) is 22.6 Å². The van der Waals surface area contributed by atoms with Gasteiger partial charge in [0, 0.05) is 5.56 Å². The lowest BCUT2D eigenvalue weighted by atomic mass is 10.1. The van der Waals surface area contributed by atoms with Crippen LogP contribution in [-0.2, 0) is 6.18 Å². The van der Waals surface area contributed by atoms with Crippen molar-refractivity contribution in [2.24, 2.45) is 0 Å². The number of amides is 1. The molecule has 0 radical (unpaired) electrons. The smallest absolute Gasteiger partial charge is 0.437 e. The van der Waals surface area contributed by atoms with Gasteiger partial charge in [0.15, 0.2) is 17.3 Å². The number of phenols is 1. The van der Waals surface area contributed by atoms with E-state index in [4.69, 9.17) is 5.73 Å². The van der Waals surface area contributed by atoms with E-state index in [0.29, 0.717) is 6.07 Å². The minimum absolute atomic E-state index is 0.0896. The molecule has 1 aromatic carbocycles. The minimum atomic E-state index is -4.85. The maximum Gasteiger partial charge on any atom is 0.437 e. The molecule has 1 amide bonds. The highest BCUT2D eigenvalue weighted by atomic mass is 19.4. The van der Waals surface area contributed by atoms with Crippen LogP contribution in [0.1, 0.15) is 21.7 Å². The molecule has 29 heavy (non-hydrogen) atoms. The quantitative estimate of drug-likeness (QED) is 0.490. The molecule has 7 nitrogen and oxygen atoms in total. The van der Waals surface area contributed by atoms with Crippen LogP contribution in [0.3, 0.4) is 0 Å². The van der Waals surface area contributed by atoms with Gasteiger partial charge in [-0.2, -0.15) is 18.3 Å². The molecule has 0 aliphatic rings. The van der Waals surface area contributed by atoms with Gasteiger partial charge in [-0.15, -0.1) is 0 Å². The number of carbonyl (C=O) groups excluding carboxylic acids is 1. The Hall–Kier alpha value is -3.70. The first kappa shape index (κ1) is 20.0. The maximum absolute atomic E-state index is 14.5. The number of halogens is 5. The Morgan fingerprint density at radius 2 is 1.90 bits per heavy atom. The number of rotatable bonds is 3. The number of aromatic amines is 1. The number of nitrogens with two attached hydrogens (primary N) is 1. The molecule has 152 valence electrons. The number of nitrogen functional groups attached to an aromatic ring is 1. The van der Waals surface area contributed by atoms with Crippen molar-refractivity contribution in [3.63, 3.8) is 0 Å². The number of aromatic nitrogens is 3. The summed E-state index contributed by atoms with van der Waals surface area (Å²) in [6.07, 6.45) is -4.85. The summed E-state index contributed by atoms with van der Waals surface area (Å²) in [7, 11) is 0. The van der Waals surface area contributed by atoms with E-state index >= 15 is 0 Å². The van der Waals surface area contributed by atoms with E-state index in [2.05, 4.69) is 15.2 Å². The van der Waals surface area contributed by atoms with Gasteiger partial charge in [-0.25, -0.2) is 13.8 Å². The lowest BCUT2D eigenvalue weighted by molar-refractivity contribution is -0.140. The predicted octanol–water partition coefficient (Wildman–Crippen LogP) is 3.62. The molecule has 0 fully saturated rings. The third-order valence-electron chi connectivity index (χ3n) is 3.93. The maximum atomic E-state index is 14.5. The summed E-state index contributed by atoms with van der Waals surface area (Å²) in [5.41, 5.74) is 2.18. The molecular formula is C17H12F5N5O2. The highest BCUT2D eigenvalue weighted by Crippen LogP contribution is 2.36. The monoisotopic (exact) mass is 413 g/mol. The van der Waals surface area contributed by atoms with Crippen LogP contribution in [0.5, 0.6) is 5.75 Å². The highest BCUT2D eigenvalue weighted by Gasteiger charge is 2.38. The summed E-state index contributed by atoms with van der Waals surface area (Å²) in [5.74, 6) is -4.30. The molecule has 5 N–H and O–H groups in total. The third kappa shape index (κ3) is 3.81. The van der Waals surface area contributed by atoms with Gasteiger partial charge in [-0.3, -0.25) is 9.89 Å². The molecule has 0 aliphatic carbocycles. The lowest BCUT2D eigenvalue weighted by Crippen LogP contribution is -2.17. The number of benzene rings is 1. The lowest BCUT2D eigenvalue weighted by Gasteiger charge is -2.11. The van der Waals surface area contributed by atoms with Crippen LogP contribution in [0.4, 0.5) is 33.5 Å². The number of anilines is 2. The van der Waals surface area contributed by atoms with Crippen LogP contribution in [-0.4, -0.2) is 26.2 Å². The Labute approximate surface area is 159 Å². The number of nitrogens with one attached hydrogen (secondary N) is 2. The second kappa shape index (κ2) is 7.04. The molecule has 0 atom stereocenters. The van der Waals surface area contributed by atoms with Crippen molar-refractivity contribution in [1.82, 2.24) is 15.2 Å². The number of H-pyrrole nitrogens is 1. The Balaban J connectivity index is 1.97. The molecule has 0 saturated heterocycles. The number of hydrogen-bond acceptors (Lipinski definition) is 5. The van der Waals surface area contributed by atoms with Gasteiger partial charge in [0.1, 0.15) is 11.6 Å². The minimum Gasteiger partial charge on any atom is -0.507 e. The average Bonchev–Trinajstić information content (AvgIpc) is 3.00. The zero-order chi connectivity index (χ0) is 21.5. The number of carbonyl (C=O) groups is 1. The van der Waals surface area contributed by atoms with Gasteiger partial charge >= 0.3 is 6.18 Å². The van der Waals surface area contributed by atoms with E-state index in [-0.39, 0.29) is 17.0 Å². The number of aromatic hydroxyl groups is 1. The summed E-state index contributed by atoms with van der Waals surface area (Å²) in [6.45, 7) is 1.24. The number of pyridine rings is 1. The molecule has 0 spiro atoms. The summed E-state index contributed by atoms with van der Waals surface area (Å²) in [6, 6.07) is 3.49. The zero-order valence-corrected chi connectivity index (χ0v) is 14.5. The van der Waals surface area contributed by atoms with Gasteiger partial charge in [-0.05, 0) is 31.2 Å². The van der Waals surface area contributed by atoms with Crippen molar-refractivity contribution in [3.05, 3.63) is 52.9 Å². The SMILES string of the molecule is Cc1[nH]nc(C(F)(F)F)c1NC(=O)c1cc(F)c(-c2ccc(F)c(N)n2)cc1O. The molecule has 0 saturated carbocycles. The number of alkyl halides is 3. The Kier molecular flexibility index (Phi) is 4.86. The van der Waals surface area contributed by atoms with Crippen molar-refractivity contribution >= 4 is 17.4 Å². The molecule has 2 heterocycles. The van der Waals surface area contributed by atoms with Crippen molar-refractivity contribution in [2.75, 3.05) is 11.1 Å². The molecule has 3 aromatic rings. The van der Waals surface area contributed by atoms with Crippen molar-refractivity contribution in [2.45, 2.75) is 13.1 Å². The molecule has 0 unspecified atom stereocenters. The second-order valence-electron chi connectivity index (χ2n) is 5.94. The van der Waals surface area contributed by atoms with Gasteiger partial charge in [0.25, 0.3) is 5.91 Å². The second-order valence-corrected chi connectivity index (χ2v) is 5.94. The fourth-order valence-corrected chi connectivity index (χ4v) is 2.52. The van der Waals surface area contributed by atoms with Crippen LogP contribution < -0.4 is 11.1 Å². The van der Waals surface area contributed by atoms with Gasteiger partial charge in [-0.1, -0.05) is 0 Å². The van der Waals surface area contributed by atoms with E-state index in [9.17, 15) is 31.9 Å². The van der Waals surface area contributed by atoms with E-state index in [1.54, 1.807) is 0 Å². The first-order valence-electron chi connectivity index (χ1n) is 7.87. The van der Waals surface area contributed by atoms with Crippen LogP contribution in [0, 0.1) is 18.6 Å². The number of hydrogen-bond donors (Lipinski definition) is 4. The molecular weight excluding hydrogens is 401 g/mol. The van der Waals surface area contributed by atoms with E-state index in [1.165, 1.54) is 6.92 Å². The van der Waals surface area contributed by atoms with Crippen molar-refractivity contribution in [3.8, 4) is 17.0 Å². The number of nitrogens with zero attached hydrogens (tertiary/aromatic N) is 2. The van der Waals surface area contributed by atoms with E-state index in [0.717, 1.165) is 18.2 Å². The van der Waals surface area contributed by atoms with Crippen LogP contribution in [0.2, 0.25) is 0 Å². The first-order chi connectivity index (χ1) is 13.5. The van der Waals surface area contributed by atoms with Crippen LogP contribution in [0.15, 0.2) is 24.3 Å². The Morgan fingerprint density at radius 3 is 2.52 bits per heavy atom. The standard InChI is InChI=1S/C17H12F5N5O2/c1-6-13(14(27-26-6)17(20,21)22)25-16(29)8-4-10(19)7(5-12(8)28)11-3-2-9(18)15(23)24-11/h2-5,28H,1H3,(H2,23,24)(H,25,29)(H,26,27). The molecule has 12 heteroatoms. The summed E-state index contributed by atoms with van der Waals surface area (Å²) in [5, 5.41) is 17.2. The number of phenolic OH excluding ortho intramolecular Hbond substituents is 1. The van der Waals surface area contributed by atoms with E-state index in [1.807, 2.05) is 5.32 Å². The highest BCUT2D eigenvalue weighted by molar-refractivity contribution is 6.07. The average molecular weight is 413 g/mol. The normalized spacial score (nSPS) is 11.5. The Morgan fingerprint density at radius 1 is 1.21 bits per heavy atom. The third-order valence-corrected chi connectivity index (χ3v) is 3.93. The van der Waals surface area contributed by atoms with Crippen molar-refractivity contribution < 1.29 is 31.9 Å². The fourth-order valence-electron chi connectivity index (χ4n) is 2.52. The van der Waals surface area contributed by atoms with Gasteiger partial charge < -0.3 is 16.2 Å².